The van der Waals surface area contributed by atoms with Crippen molar-refractivity contribution in [2.75, 3.05) is 6.54 Å². The predicted molar refractivity (Wildman–Crippen MR) is 59.7 cm³/mol. The van der Waals surface area contributed by atoms with E-state index in [-0.39, 0.29) is 6.04 Å². The van der Waals surface area contributed by atoms with Crippen LogP contribution >= 0.6 is 0 Å². The molecule has 86 valence electrons. The van der Waals surface area contributed by atoms with Gasteiger partial charge in [0.15, 0.2) is 0 Å². The quantitative estimate of drug-likeness (QED) is 0.766. The van der Waals surface area contributed by atoms with E-state index in [1.54, 1.807) is 10.9 Å². The standard InChI is InChI=1S/C10H16N6/c1-3-11-9(10-7-12-15-13-10)6-8-4-5-16(2)14-8/h4-5,7,9,11H,3,6H2,1-2H3,(H,12,13,15). The van der Waals surface area contributed by atoms with Gasteiger partial charge in [0, 0.05) is 19.7 Å². The molecule has 2 aromatic heterocycles. The Morgan fingerprint density at radius 2 is 2.44 bits per heavy atom. The van der Waals surface area contributed by atoms with Crippen LogP contribution in [0.4, 0.5) is 0 Å². The second kappa shape index (κ2) is 4.89. The first kappa shape index (κ1) is 10.8. The largest absolute Gasteiger partial charge is 0.308 e. The van der Waals surface area contributed by atoms with Gasteiger partial charge in [-0.05, 0) is 12.6 Å². The molecule has 0 radical (unpaired) electrons. The van der Waals surface area contributed by atoms with E-state index in [0.717, 1.165) is 24.4 Å². The van der Waals surface area contributed by atoms with E-state index in [4.69, 9.17) is 0 Å². The van der Waals surface area contributed by atoms with Crippen molar-refractivity contribution in [1.29, 1.82) is 0 Å². The second-order valence-corrected chi connectivity index (χ2v) is 3.69. The molecule has 1 unspecified atom stereocenters. The number of rotatable bonds is 5. The van der Waals surface area contributed by atoms with Crippen LogP contribution in [0.2, 0.25) is 0 Å². The van der Waals surface area contributed by atoms with Crippen molar-refractivity contribution in [2.24, 2.45) is 7.05 Å². The van der Waals surface area contributed by atoms with Gasteiger partial charge in [0.05, 0.1) is 23.6 Å². The minimum atomic E-state index is 0.165. The van der Waals surface area contributed by atoms with Crippen LogP contribution in [0.5, 0.6) is 0 Å². The molecule has 0 spiro atoms. The summed E-state index contributed by atoms with van der Waals surface area (Å²) in [5.74, 6) is 0. The monoisotopic (exact) mass is 220 g/mol. The maximum Gasteiger partial charge on any atom is 0.0997 e. The Balaban J connectivity index is 2.09. The van der Waals surface area contributed by atoms with Crippen LogP contribution in [0.15, 0.2) is 18.5 Å². The Morgan fingerprint density at radius 1 is 1.56 bits per heavy atom. The van der Waals surface area contributed by atoms with Gasteiger partial charge >= 0.3 is 0 Å². The second-order valence-electron chi connectivity index (χ2n) is 3.69. The summed E-state index contributed by atoms with van der Waals surface area (Å²) in [5.41, 5.74) is 1.98. The molecule has 0 aliphatic rings. The zero-order chi connectivity index (χ0) is 11.4. The van der Waals surface area contributed by atoms with Gasteiger partial charge in [-0.15, -0.1) is 0 Å². The molecule has 0 bridgehead atoms. The number of likely N-dealkylation sites (N-methyl/N-ethyl adjacent to an activating group) is 1. The molecule has 0 fully saturated rings. The molecule has 0 saturated carbocycles. The Labute approximate surface area is 94.1 Å². The fraction of sp³-hybridized carbons (Fsp3) is 0.500. The molecule has 1 atom stereocenters. The summed E-state index contributed by atoms with van der Waals surface area (Å²) in [6, 6.07) is 2.18. The molecule has 0 amide bonds. The number of H-pyrrole nitrogens is 1. The third kappa shape index (κ3) is 2.46. The topological polar surface area (TPSA) is 71.4 Å². The minimum absolute atomic E-state index is 0.165. The van der Waals surface area contributed by atoms with Crippen molar-refractivity contribution in [1.82, 2.24) is 30.5 Å². The number of nitrogens with one attached hydrogen (secondary N) is 2. The first-order valence-corrected chi connectivity index (χ1v) is 5.37. The van der Waals surface area contributed by atoms with E-state index in [2.05, 4.69) is 32.7 Å². The van der Waals surface area contributed by atoms with Gasteiger partial charge in [-0.2, -0.15) is 20.5 Å². The molecule has 2 aromatic rings. The van der Waals surface area contributed by atoms with Gasteiger partial charge in [0.25, 0.3) is 0 Å². The van der Waals surface area contributed by atoms with Crippen molar-refractivity contribution < 1.29 is 0 Å². The minimum Gasteiger partial charge on any atom is -0.308 e. The highest BCUT2D eigenvalue weighted by Gasteiger charge is 2.14. The summed E-state index contributed by atoms with van der Waals surface area (Å²) in [7, 11) is 1.92. The van der Waals surface area contributed by atoms with Gasteiger partial charge in [0.1, 0.15) is 0 Å². The Morgan fingerprint density at radius 3 is 3.00 bits per heavy atom. The van der Waals surface area contributed by atoms with Gasteiger partial charge in [-0.25, -0.2) is 0 Å². The van der Waals surface area contributed by atoms with Gasteiger partial charge in [0.2, 0.25) is 0 Å². The molecule has 6 heteroatoms. The molecule has 0 saturated heterocycles. The zero-order valence-corrected chi connectivity index (χ0v) is 9.51. The average molecular weight is 220 g/mol. The van der Waals surface area contributed by atoms with E-state index in [9.17, 15) is 0 Å². The van der Waals surface area contributed by atoms with E-state index in [0.29, 0.717) is 0 Å². The van der Waals surface area contributed by atoms with E-state index in [1.165, 1.54) is 0 Å². The number of nitrogens with zero attached hydrogens (tertiary/aromatic N) is 4. The highest BCUT2D eigenvalue weighted by atomic mass is 15.3. The van der Waals surface area contributed by atoms with Crippen molar-refractivity contribution in [2.45, 2.75) is 19.4 Å². The van der Waals surface area contributed by atoms with Gasteiger partial charge in [-0.3, -0.25) is 4.68 Å². The predicted octanol–water partition coefficient (Wildman–Crippen LogP) is 0.431. The number of hydrogen-bond donors (Lipinski definition) is 2. The number of aromatic nitrogens is 5. The fourth-order valence-electron chi connectivity index (χ4n) is 1.69. The first-order valence-electron chi connectivity index (χ1n) is 5.37. The summed E-state index contributed by atoms with van der Waals surface area (Å²) in [4.78, 5) is 0. The number of aryl methyl sites for hydroxylation is 1. The van der Waals surface area contributed by atoms with E-state index >= 15 is 0 Å². The molecule has 2 rings (SSSR count). The summed E-state index contributed by atoms with van der Waals surface area (Å²) < 4.78 is 1.81. The molecule has 0 aliphatic carbocycles. The maximum absolute atomic E-state index is 4.36. The Hall–Kier alpha value is -1.69. The van der Waals surface area contributed by atoms with E-state index in [1.807, 2.05) is 19.3 Å². The molecule has 2 N–H and O–H groups in total. The van der Waals surface area contributed by atoms with Crippen molar-refractivity contribution in [3.63, 3.8) is 0 Å². The lowest BCUT2D eigenvalue weighted by Crippen LogP contribution is -2.23. The summed E-state index contributed by atoms with van der Waals surface area (Å²) in [5, 5.41) is 18.3. The summed E-state index contributed by atoms with van der Waals surface area (Å²) in [6.45, 7) is 2.97. The van der Waals surface area contributed by atoms with Gasteiger partial charge in [-0.1, -0.05) is 6.92 Å². The highest BCUT2D eigenvalue weighted by molar-refractivity contribution is 5.08. The van der Waals surface area contributed by atoms with Crippen LogP contribution in [0.1, 0.15) is 24.4 Å². The van der Waals surface area contributed by atoms with Gasteiger partial charge < -0.3 is 5.32 Å². The molecule has 6 nitrogen and oxygen atoms in total. The lowest BCUT2D eigenvalue weighted by molar-refractivity contribution is 0.526. The number of hydrogen-bond acceptors (Lipinski definition) is 4. The average Bonchev–Trinajstić information content (AvgIpc) is 2.88. The van der Waals surface area contributed by atoms with Crippen LogP contribution in [0.25, 0.3) is 0 Å². The molecule has 0 aliphatic heterocycles. The van der Waals surface area contributed by atoms with Crippen LogP contribution in [-0.2, 0) is 13.5 Å². The van der Waals surface area contributed by atoms with Crippen LogP contribution in [0.3, 0.4) is 0 Å². The third-order valence-electron chi connectivity index (χ3n) is 2.42. The van der Waals surface area contributed by atoms with Crippen LogP contribution in [0, 0.1) is 0 Å². The van der Waals surface area contributed by atoms with E-state index < -0.39 is 0 Å². The molecular weight excluding hydrogens is 204 g/mol. The normalized spacial score (nSPS) is 12.9. The molecule has 2 heterocycles. The Bertz CT molecular complexity index is 418. The fourth-order valence-corrected chi connectivity index (χ4v) is 1.69. The third-order valence-corrected chi connectivity index (χ3v) is 2.42. The lowest BCUT2D eigenvalue weighted by atomic mass is 10.1. The molecular formula is C10H16N6. The highest BCUT2D eigenvalue weighted by Crippen LogP contribution is 2.13. The summed E-state index contributed by atoms with van der Waals surface area (Å²) in [6.07, 6.45) is 4.51. The molecule has 0 aromatic carbocycles. The maximum atomic E-state index is 4.36. The molecule has 16 heavy (non-hydrogen) atoms. The first-order chi connectivity index (χ1) is 7.79. The Kier molecular flexibility index (Phi) is 3.31. The zero-order valence-electron chi connectivity index (χ0n) is 9.51. The van der Waals surface area contributed by atoms with Crippen molar-refractivity contribution >= 4 is 0 Å². The SMILES string of the molecule is CCNC(Cc1ccn(C)n1)c1cn[nH]n1. The van der Waals surface area contributed by atoms with Crippen molar-refractivity contribution in [3.05, 3.63) is 29.8 Å². The number of aromatic amines is 1. The summed E-state index contributed by atoms with van der Waals surface area (Å²) >= 11 is 0. The van der Waals surface area contributed by atoms with Crippen molar-refractivity contribution in [3.8, 4) is 0 Å². The van der Waals surface area contributed by atoms with Crippen LogP contribution in [-0.4, -0.2) is 31.7 Å². The van der Waals surface area contributed by atoms with Crippen LogP contribution < -0.4 is 5.32 Å². The lowest BCUT2D eigenvalue weighted by Gasteiger charge is -2.13. The smallest absolute Gasteiger partial charge is 0.0997 e.